The van der Waals surface area contributed by atoms with Crippen LogP contribution >= 0.6 is 15.9 Å². The van der Waals surface area contributed by atoms with Gasteiger partial charge in [0.1, 0.15) is 0 Å². The molecule has 19 heavy (non-hydrogen) atoms. The molecule has 0 aromatic heterocycles. The summed E-state index contributed by atoms with van der Waals surface area (Å²) in [6.07, 6.45) is 2.19. The number of aromatic carboxylic acids is 1. The summed E-state index contributed by atoms with van der Waals surface area (Å²) in [5, 5.41) is 9.26. The lowest BCUT2D eigenvalue weighted by molar-refractivity contribution is 0.0459. The van der Waals surface area contributed by atoms with Crippen molar-refractivity contribution in [3.63, 3.8) is 0 Å². The van der Waals surface area contributed by atoms with Crippen molar-refractivity contribution in [3.8, 4) is 0 Å². The number of carboxylic acids is 1. The van der Waals surface area contributed by atoms with Gasteiger partial charge in [-0.3, -0.25) is 0 Å². The van der Waals surface area contributed by atoms with Crippen LogP contribution in [0.5, 0.6) is 0 Å². The molecule has 0 spiro atoms. The molecule has 0 aliphatic carbocycles. The summed E-state index contributed by atoms with van der Waals surface area (Å²) in [6, 6.07) is 5.29. The van der Waals surface area contributed by atoms with Crippen LogP contribution in [0.2, 0.25) is 0 Å². The second kappa shape index (κ2) is 6.39. The molecule has 104 valence electrons. The number of carbonyl (C=O) groups is 1. The van der Waals surface area contributed by atoms with E-state index in [1.807, 2.05) is 13.0 Å². The van der Waals surface area contributed by atoms with E-state index in [1.165, 1.54) is 0 Å². The molecule has 2 rings (SSSR count). The van der Waals surface area contributed by atoms with Gasteiger partial charge in [0, 0.05) is 24.2 Å². The summed E-state index contributed by atoms with van der Waals surface area (Å²) in [5.41, 5.74) is 1.15. The van der Waals surface area contributed by atoms with Crippen LogP contribution in [-0.2, 0) is 4.74 Å². The van der Waals surface area contributed by atoms with Gasteiger partial charge in [-0.2, -0.15) is 0 Å². The number of carboxylic acid groups (broad SMARTS) is 1. The average Bonchev–Trinajstić information content (AvgIpc) is 2.39. The van der Waals surface area contributed by atoms with Crippen LogP contribution in [0, 0.1) is 0 Å². The number of hydrogen-bond donors (Lipinski definition) is 1. The van der Waals surface area contributed by atoms with Gasteiger partial charge in [-0.25, -0.2) is 4.79 Å². The molecule has 1 aromatic rings. The molecule has 0 radical (unpaired) electrons. The summed E-state index contributed by atoms with van der Waals surface area (Å²) in [7, 11) is 0. The first-order valence-corrected chi connectivity index (χ1v) is 7.30. The van der Waals surface area contributed by atoms with Crippen LogP contribution in [0.25, 0.3) is 0 Å². The van der Waals surface area contributed by atoms with Crippen molar-refractivity contribution in [3.05, 3.63) is 28.2 Å². The van der Waals surface area contributed by atoms with E-state index in [4.69, 9.17) is 4.74 Å². The van der Waals surface area contributed by atoms with Crippen molar-refractivity contribution >= 4 is 27.6 Å². The Balaban J connectivity index is 2.14. The number of rotatable bonds is 4. The summed E-state index contributed by atoms with van der Waals surface area (Å²) < 4.78 is 6.52. The topological polar surface area (TPSA) is 49.8 Å². The van der Waals surface area contributed by atoms with E-state index >= 15 is 0 Å². The largest absolute Gasteiger partial charge is 0.478 e. The van der Waals surface area contributed by atoms with E-state index < -0.39 is 5.97 Å². The van der Waals surface area contributed by atoms with E-state index in [-0.39, 0.29) is 0 Å². The Hall–Kier alpha value is -1.07. The summed E-state index contributed by atoms with van der Waals surface area (Å²) in [4.78, 5) is 13.4. The van der Waals surface area contributed by atoms with E-state index in [2.05, 4.69) is 20.8 Å². The SMILES string of the molecule is CCOC1CCN(c2cc(Br)ccc2C(=O)O)CC1. The van der Waals surface area contributed by atoms with E-state index in [0.717, 1.165) is 42.7 Å². The smallest absolute Gasteiger partial charge is 0.337 e. The third-order valence-corrected chi connectivity index (χ3v) is 3.87. The Bertz CT molecular complexity index is 456. The zero-order valence-corrected chi connectivity index (χ0v) is 12.5. The normalized spacial score (nSPS) is 16.6. The molecular formula is C14H18BrNO3. The molecule has 0 amide bonds. The molecule has 1 saturated heterocycles. The average molecular weight is 328 g/mol. The molecule has 0 bridgehead atoms. The standard InChI is InChI=1S/C14H18BrNO3/c1-2-19-11-5-7-16(8-6-11)13-9-10(15)3-4-12(13)14(17)18/h3-4,9,11H,2,5-8H2,1H3,(H,17,18). The van der Waals surface area contributed by atoms with Crippen molar-refractivity contribution in [1.82, 2.24) is 0 Å². The van der Waals surface area contributed by atoms with E-state index in [0.29, 0.717) is 11.7 Å². The second-order valence-electron chi connectivity index (χ2n) is 4.61. The van der Waals surface area contributed by atoms with Crippen molar-refractivity contribution in [2.45, 2.75) is 25.9 Å². The van der Waals surface area contributed by atoms with Crippen LogP contribution in [0.1, 0.15) is 30.1 Å². The van der Waals surface area contributed by atoms with E-state index in [1.54, 1.807) is 12.1 Å². The van der Waals surface area contributed by atoms with Crippen LogP contribution in [0.3, 0.4) is 0 Å². The van der Waals surface area contributed by atoms with Crippen LogP contribution in [-0.4, -0.2) is 36.9 Å². The van der Waals surface area contributed by atoms with Gasteiger partial charge in [-0.1, -0.05) is 15.9 Å². The highest BCUT2D eigenvalue weighted by atomic mass is 79.9. The van der Waals surface area contributed by atoms with Gasteiger partial charge in [0.25, 0.3) is 0 Å². The summed E-state index contributed by atoms with van der Waals surface area (Å²) >= 11 is 3.40. The lowest BCUT2D eigenvalue weighted by Crippen LogP contribution is -2.37. The number of ether oxygens (including phenoxy) is 1. The first kappa shape index (κ1) is 14.3. The zero-order chi connectivity index (χ0) is 13.8. The van der Waals surface area contributed by atoms with Crippen LogP contribution in [0.15, 0.2) is 22.7 Å². The van der Waals surface area contributed by atoms with Gasteiger partial charge in [-0.05, 0) is 38.0 Å². The molecular weight excluding hydrogens is 310 g/mol. The third kappa shape index (κ3) is 3.48. The highest BCUT2D eigenvalue weighted by Crippen LogP contribution is 2.28. The molecule has 1 N–H and O–H groups in total. The number of halogens is 1. The fourth-order valence-corrected chi connectivity index (χ4v) is 2.80. The third-order valence-electron chi connectivity index (χ3n) is 3.38. The lowest BCUT2D eigenvalue weighted by atomic mass is 10.0. The highest BCUT2D eigenvalue weighted by molar-refractivity contribution is 9.10. The number of nitrogens with zero attached hydrogens (tertiary/aromatic N) is 1. The van der Waals surface area contributed by atoms with Gasteiger partial charge in [0.15, 0.2) is 0 Å². The first-order valence-electron chi connectivity index (χ1n) is 6.51. The lowest BCUT2D eigenvalue weighted by Gasteiger charge is -2.34. The van der Waals surface area contributed by atoms with Gasteiger partial charge < -0.3 is 14.7 Å². The van der Waals surface area contributed by atoms with Gasteiger partial charge in [0.2, 0.25) is 0 Å². The molecule has 1 heterocycles. The minimum atomic E-state index is -0.880. The second-order valence-corrected chi connectivity index (χ2v) is 5.52. The first-order chi connectivity index (χ1) is 9.11. The molecule has 0 atom stereocenters. The minimum Gasteiger partial charge on any atom is -0.478 e. The molecule has 1 fully saturated rings. The minimum absolute atomic E-state index is 0.307. The Morgan fingerprint density at radius 3 is 2.74 bits per heavy atom. The molecule has 0 saturated carbocycles. The number of hydrogen-bond acceptors (Lipinski definition) is 3. The number of anilines is 1. The fraction of sp³-hybridized carbons (Fsp3) is 0.500. The molecule has 0 unspecified atom stereocenters. The number of piperidine rings is 1. The van der Waals surface area contributed by atoms with Crippen molar-refractivity contribution in [1.29, 1.82) is 0 Å². The van der Waals surface area contributed by atoms with Crippen molar-refractivity contribution in [2.75, 3.05) is 24.6 Å². The molecule has 1 aromatic carbocycles. The zero-order valence-electron chi connectivity index (χ0n) is 10.9. The van der Waals surface area contributed by atoms with Gasteiger partial charge >= 0.3 is 5.97 Å². The number of benzene rings is 1. The quantitative estimate of drug-likeness (QED) is 0.922. The fourth-order valence-electron chi connectivity index (χ4n) is 2.45. The maximum atomic E-state index is 11.3. The Kier molecular flexibility index (Phi) is 4.82. The maximum absolute atomic E-state index is 11.3. The Morgan fingerprint density at radius 1 is 1.47 bits per heavy atom. The van der Waals surface area contributed by atoms with Crippen molar-refractivity contribution < 1.29 is 14.6 Å². The summed E-state index contributed by atoms with van der Waals surface area (Å²) in [5.74, 6) is -0.880. The van der Waals surface area contributed by atoms with Gasteiger partial charge in [0.05, 0.1) is 17.4 Å². The molecule has 1 aliphatic rings. The molecule has 4 nitrogen and oxygen atoms in total. The highest BCUT2D eigenvalue weighted by Gasteiger charge is 2.23. The maximum Gasteiger partial charge on any atom is 0.337 e. The monoisotopic (exact) mass is 327 g/mol. The molecule has 1 aliphatic heterocycles. The van der Waals surface area contributed by atoms with Crippen LogP contribution in [0.4, 0.5) is 5.69 Å². The van der Waals surface area contributed by atoms with Crippen LogP contribution < -0.4 is 4.90 Å². The summed E-state index contributed by atoms with van der Waals surface area (Å²) in [6.45, 7) is 4.41. The van der Waals surface area contributed by atoms with Gasteiger partial charge in [-0.15, -0.1) is 0 Å². The van der Waals surface area contributed by atoms with E-state index in [9.17, 15) is 9.90 Å². The Morgan fingerprint density at radius 2 is 2.16 bits per heavy atom. The van der Waals surface area contributed by atoms with Crippen molar-refractivity contribution in [2.24, 2.45) is 0 Å². The predicted octanol–water partition coefficient (Wildman–Crippen LogP) is 3.15. The Labute approximate surface area is 121 Å². The predicted molar refractivity (Wildman–Crippen MR) is 78.0 cm³/mol. The molecule has 5 heteroatoms.